The minimum Gasteiger partial charge on any atom is -0.459 e. The van der Waals surface area contributed by atoms with Crippen molar-refractivity contribution < 1.29 is 19.4 Å². The quantitative estimate of drug-likeness (QED) is 0.668. The normalized spacial score (nSPS) is 21.0. The summed E-state index contributed by atoms with van der Waals surface area (Å²) in [6, 6.07) is 8.71. The number of hydrogen-bond acceptors (Lipinski definition) is 4. The van der Waals surface area contributed by atoms with Gasteiger partial charge >= 0.3 is 5.97 Å². The van der Waals surface area contributed by atoms with Crippen LogP contribution >= 0.6 is 0 Å². The van der Waals surface area contributed by atoms with Crippen molar-refractivity contribution >= 4 is 12.3 Å². The van der Waals surface area contributed by atoms with Gasteiger partial charge in [0, 0.05) is 0 Å². The topological polar surface area (TPSA) is 63.6 Å². The standard InChI is InChI=1S/C17H20O4/c1-17(20,15-9-7-13(11-18)8-10-15)12-21-16(19)14-5-3-2-4-6-14/h2-7,11,15,20H,8-10,12H2,1H3/t15-,17?/m0/s1. The highest BCUT2D eigenvalue weighted by Gasteiger charge is 2.34. The monoisotopic (exact) mass is 288 g/mol. The summed E-state index contributed by atoms with van der Waals surface area (Å²) >= 11 is 0. The van der Waals surface area contributed by atoms with Crippen molar-refractivity contribution in [3.05, 3.63) is 47.5 Å². The molecule has 0 saturated carbocycles. The summed E-state index contributed by atoms with van der Waals surface area (Å²) in [5, 5.41) is 10.5. The van der Waals surface area contributed by atoms with E-state index in [4.69, 9.17) is 4.74 Å². The lowest BCUT2D eigenvalue weighted by molar-refractivity contribution is -0.105. The lowest BCUT2D eigenvalue weighted by Gasteiger charge is -2.33. The lowest BCUT2D eigenvalue weighted by atomic mass is 9.79. The van der Waals surface area contributed by atoms with Crippen LogP contribution in [0.3, 0.4) is 0 Å². The van der Waals surface area contributed by atoms with Crippen LogP contribution in [0.25, 0.3) is 0 Å². The van der Waals surface area contributed by atoms with Gasteiger partial charge in [-0.15, -0.1) is 0 Å². The van der Waals surface area contributed by atoms with Crippen molar-refractivity contribution in [2.75, 3.05) is 6.61 Å². The summed E-state index contributed by atoms with van der Waals surface area (Å²) in [6.07, 6.45) is 4.73. The molecule has 112 valence electrons. The van der Waals surface area contributed by atoms with E-state index in [2.05, 4.69) is 0 Å². The van der Waals surface area contributed by atoms with Crippen molar-refractivity contribution in [1.29, 1.82) is 0 Å². The zero-order chi connectivity index (χ0) is 15.3. The van der Waals surface area contributed by atoms with Gasteiger partial charge in [-0.2, -0.15) is 0 Å². The Hall–Kier alpha value is -1.94. The number of aliphatic hydroxyl groups is 1. The van der Waals surface area contributed by atoms with Gasteiger partial charge < -0.3 is 9.84 Å². The first-order chi connectivity index (χ1) is 10.0. The Morgan fingerprint density at radius 1 is 1.43 bits per heavy atom. The van der Waals surface area contributed by atoms with E-state index in [1.165, 1.54) is 0 Å². The lowest BCUT2D eigenvalue weighted by Crippen LogP contribution is -2.41. The third-order valence-electron chi connectivity index (χ3n) is 3.98. The highest BCUT2D eigenvalue weighted by atomic mass is 16.5. The van der Waals surface area contributed by atoms with Crippen LogP contribution in [-0.2, 0) is 9.53 Å². The molecule has 1 aromatic carbocycles. The number of carbonyl (C=O) groups excluding carboxylic acids is 2. The Morgan fingerprint density at radius 2 is 2.14 bits per heavy atom. The average Bonchev–Trinajstić information content (AvgIpc) is 2.53. The number of benzene rings is 1. The molecule has 0 aromatic heterocycles. The van der Waals surface area contributed by atoms with Gasteiger partial charge in [-0.3, -0.25) is 4.79 Å². The van der Waals surface area contributed by atoms with E-state index >= 15 is 0 Å². The fourth-order valence-corrected chi connectivity index (χ4v) is 2.51. The van der Waals surface area contributed by atoms with Crippen LogP contribution in [0.15, 0.2) is 42.0 Å². The molecule has 2 rings (SSSR count). The Balaban J connectivity index is 1.91. The first-order valence-electron chi connectivity index (χ1n) is 7.11. The first-order valence-corrected chi connectivity index (χ1v) is 7.11. The maximum absolute atomic E-state index is 11.9. The van der Waals surface area contributed by atoms with E-state index in [1.807, 2.05) is 12.1 Å². The summed E-state index contributed by atoms with van der Waals surface area (Å²) in [5.74, 6) is -0.444. The molecule has 0 aliphatic heterocycles. The summed E-state index contributed by atoms with van der Waals surface area (Å²) in [5.41, 5.74) is 0.165. The average molecular weight is 288 g/mol. The maximum Gasteiger partial charge on any atom is 0.338 e. The molecule has 0 spiro atoms. The molecule has 21 heavy (non-hydrogen) atoms. The second-order valence-corrected chi connectivity index (χ2v) is 5.67. The molecule has 0 heterocycles. The van der Waals surface area contributed by atoms with Gasteiger partial charge in [0.2, 0.25) is 0 Å². The molecular formula is C17H20O4. The second-order valence-electron chi connectivity index (χ2n) is 5.67. The summed E-state index contributed by atoms with van der Waals surface area (Å²) in [6.45, 7) is 1.63. The first kappa shape index (κ1) is 15.4. The van der Waals surface area contributed by atoms with Gasteiger partial charge in [-0.1, -0.05) is 24.3 Å². The van der Waals surface area contributed by atoms with Crippen LogP contribution in [0.4, 0.5) is 0 Å². The number of allylic oxidation sites excluding steroid dienone is 2. The van der Waals surface area contributed by atoms with E-state index in [-0.39, 0.29) is 12.5 Å². The van der Waals surface area contributed by atoms with E-state index in [0.29, 0.717) is 18.4 Å². The third kappa shape index (κ3) is 4.02. The van der Waals surface area contributed by atoms with Crippen molar-refractivity contribution in [1.82, 2.24) is 0 Å². The molecule has 1 aromatic rings. The number of rotatable bonds is 5. The molecule has 0 fully saturated rings. The van der Waals surface area contributed by atoms with Crippen LogP contribution < -0.4 is 0 Å². The van der Waals surface area contributed by atoms with E-state index in [0.717, 1.165) is 18.3 Å². The highest BCUT2D eigenvalue weighted by Crippen LogP contribution is 2.31. The number of carbonyl (C=O) groups is 2. The molecule has 1 N–H and O–H groups in total. The van der Waals surface area contributed by atoms with Crippen LogP contribution in [-0.4, -0.2) is 29.6 Å². The zero-order valence-corrected chi connectivity index (χ0v) is 12.1. The van der Waals surface area contributed by atoms with Crippen molar-refractivity contribution in [2.45, 2.75) is 31.8 Å². The maximum atomic E-state index is 11.9. The van der Waals surface area contributed by atoms with Gasteiger partial charge in [-0.05, 0) is 49.8 Å². The molecule has 1 aliphatic carbocycles. The molecule has 4 heteroatoms. The summed E-state index contributed by atoms with van der Waals surface area (Å²) < 4.78 is 5.22. The molecule has 0 radical (unpaired) electrons. The second kappa shape index (κ2) is 6.68. The number of esters is 1. The van der Waals surface area contributed by atoms with Gasteiger partial charge in [0.15, 0.2) is 0 Å². The molecule has 1 unspecified atom stereocenters. The van der Waals surface area contributed by atoms with Crippen LogP contribution in [0, 0.1) is 5.92 Å². The van der Waals surface area contributed by atoms with E-state index in [9.17, 15) is 14.7 Å². The summed E-state index contributed by atoms with van der Waals surface area (Å²) in [4.78, 5) is 22.6. The fraction of sp³-hybridized carbons (Fsp3) is 0.412. The predicted octanol–water partition coefficient (Wildman–Crippen LogP) is 2.52. The smallest absolute Gasteiger partial charge is 0.338 e. The zero-order valence-electron chi connectivity index (χ0n) is 12.1. The number of ether oxygens (including phenoxy) is 1. The van der Waals surface area contributed by atoms with E-state index in [1.54, 1.807) is 31.2 Å². The van der Waals surface area contributed by atoms with Gasteiger partial charge in [0.25, 0.3) is 0 Å². The predicted molar refractivity (Wildman–Crippen MR) is 78.8 cm³/mol. The van der Waals surface area contributed by atoms with Crippen molar-refractivity contribution in [3.8, 4) is 0 Å². The highest BCUT2D eigenvalue weighted by molar-refractivity contribution is 5.89. The van der Waals surface area contributed by atoms with Crippen molar-refractivity contribution in [2.24, 2.45) is 5.92 Å². The van der Waals surface area contributed by atoms with Crippen LogP contribution in [0.1, 0.15) is 36.5 Å². The molecule has 1 aliphatic rings. The molecule has 2 atom stereocenters. The largest absolute Gasteiger partial charge is 0.459 e. The Kier molecular flexibility index (Phi) is 4.91. The Morgan fingerprint density at radius 3 is 2.71 bits per heavy atom. The van der Waals surface area contributed by atoms with Gasteiger partial charge in [0.1, 0.15) is 12.9 Å². The molecular weight excluding hydrogens is 268 g/mol. The Labute approximate surface area is 124 Å². The number of aldehydes is 1. The van der Waals surface area contributed by atoms with Crippen molar-refractivity contribution in [3.63, 3.8) is 0 Å². The molecule has 0 amide bonds. The molecule has 4 nitrogen and oxygen atoms in total. The summed E-state index contributed by atoms with van der Waals surface area (Å²) in [7, 11) is 0. The Bertz CT molecular complexity index is 531. The van der Waals surface area contributed by atoms with Crippen LogP contribution in [0.5, 0.6) is 0 Å². The molecule has 0 bridgehead atoms. The fourth-order valence-electron chi connectivity index (χ4n) is 2.51. The number of hydrogen-bond donors (Lipinski definition) is 1. The van der Waals surface area contributed by atoms with Gasteiger partial charge in [-0.25, -0.2) is 4.79 Å². The van der Waals surface area contributed by atoms with Crippen LogP contribution in [0.2, 0.25) is 0 Å². The SMILES string of the molecule is CC(O)(COC(=O)c1ccccc1)[C@H]1CC=C(C=O)CC1. The van der Waals surface area contributed by atoms with E-state index < -0.39 is 11.6 Å². The minimum absolute atomic E-state index is 0.00947. The van der Waals surface area contributed by atoms with Gasteiger partial charge in [0.05, 0.1) is 11.2 Å². The minimum atomic E-state index is -1.09. The third-order valence-corrected chi connectivity index (χ3v) is 3.98. The molecule has 0 saturated heterocycles.